The molecule has 1 heterocycles. The molecular formula is C5H6IN3O2. The van der Waals surface area contributed by atoms with Crippen LogP contribution in [-0.4, -0.2) is 15.9 Å². The van der Waals surface area contributed by atoms with Crippen LogP contribution < -0.4 is 10.5 Å². The molecular weight excluding hydrogens is 261 g/mol. The van der Waals surface area contributed by atoms with E-state index in [0.29, 0.717) is 5.75 Å². The third-order valence-corrected chi connectivity index (χ3v) is 2.28. The Bertz CT molecular complexity index is 283. The van der Waals surface area contributed by atoms with Crippen LogP contribution in [0.5, 0.6) is 5.75 Å². The van der Waals surface area contributed by atoms with Crippen molar-refractivity contribution in [2.45, 2.75) is 0 Å². The lowest BCUT2D eigenvalue weighted by Crippen LogP contribution is -2.16. The van der Waals surface area contributed by atoms with E-state index >= 15 is 0 Å². The minimum atomic E-state index is -0.823. The van der Waals surface area contributed by atoms with Crippen molar-refractivity contribution in [2.24, 2.45) is 12.8 Å². The van der Waals surface area contributed by atoms with E-state index in [2.05, 4.69) is 9.84 Å². The summed E-state index contributed by atoms with van der Waals surface area (Å²) in [4.78, 5) is 10.3. The second-order valence-electron chi connectivity index (χ2n) is 1.84. The number of carbonyl (C=O) groups excluding carboxylic acids is 1. The summed E-state index contributed by atoms with van der Waals surface area (Å²) in [5.41, 5.74) is 4.80. The van der Waals surface area contributed by atoms with Crippen LogP contribution in [0.4, 0.5) is 4.79 Å². The van der Waals surface area contributed by atoms with E-state index < -0.39 is 6.09 Å². The van der Waals surface area contributed by atoms with Crippen LogP contribution in [0.25, 0.3) is 0 Å². The molecule has 0 radical (unpaired) electrons. The molecule has 1 aromatic heterocycles. The Morgan fingerprint density at radius 3 is 2.91 bits per heavy atom. The zero-order valence-corrected chi connectivity index (χ0v) is 7.90. The summed E-state index contributed by atoms with van der Waals surface area (Å²) < 4.78 is 6.93. The summed E-state index contributed by atoms with van der Waals surface area (Å²) in [6.07, 6.45) is 0.614. The maximum Gasteiger partial charge on any atom is 0.410 e. The Morgan fingerprint density at radius 1 is 1.91 bits per heavy atom. The fraction of sp³-hybridized carbons (Fsp3) is 0.200. The van der Waals surface area contributed by atoms with Gasteiger partial charge in [0.25, 0.3) is 0 Å². The van der Waals surface area contributed by atoms with Gasteiger partial charge in [-0.05, 0) is 22.6 Å². The fourth-order valence-corrected chi connectivity index (χ4v) is 0.953. The number of halogens is 1. The molecule has 5 nitrogen and oxygen atoms in total. The highest BCUT2D eigenvalue weighted by molar-refractivity contribution is 14.1. The predicted octanol–water partition coefficient (Wildman–Crippen LogP) is 0.482. The lowest BCUT2D eigenvalue weighted by atomic mass is 10.6. The normalized spacial score (nSPS) is 9.64. The number of nitrogens with zero attached hydrogens (tertiary/aromatic N) is 2. The molecule has 0 aromatic carbocycles. The maximum atomic E-state index is 10.3. The molecule has 6 heteroatoms. The average molecular weight is 267 g/mol. The Morgan fingerprint density at radius 2 is 2.55 bits per heavy atom. The van der Waals surface area contributed by atoms with Gasteiger partial charge in [0.15, 0.2) is 5.75 Å². The molecule has 0 atom stereocenters. The molecule has 0 unspecified atom stereocenters. The first kappa shape index (κ1) is 8.31. The number of aryl methyl sites for hydroxylation is 1. The third kappa shape index (κ3) is 1.82. The van der Waals surface area contributed by atoms with E-state index in [-0.39, 0.29) is 0 Å². The molecule has 0 spiro atoms. The maximum absolute atomic E-state index is 10.3. The number of amides is 1. The van der Waals surface area contributed by atoms with Gasteiger partial charge in [-0.3, -0.25) is 4.68 Å². The number of primary amides is 1. The Labute approximate surface area is 76.6 Å². The monoisotopic (exact) mass is 267 g/mol. The molecule has 0 aliphatic rings. The van der Waals surface area contributed by atoms with Gasteiger partial charge >= 0.3 is 6.09 Å². The smallest absolute Gasteiger partial charge is 0.406 e. The van der Waals surface area contributed by atoms with Gasteiger partial charge in [-0.2, -0.15) is 5.10 Å². The van der Waals surface area contributed by atoms with Crippen LogP contribution in [0.15, 0.2) is 6.20 Å². The number of hydrogen-bond donors (Lipinski definition) is 1. The van der Waals surface area contributed by atoms with Crippen molar-refractivity contribution in [3.8, 4) is 5.75 Å². The van der Waals surface area contributed by atoms with Crippen molar-refractivity contribution in [3.63, 3.8) is 0 Å². The average Bonchev–Trinajstić information content (AvgIpc) is 2.18. The third-order valence-electron chi connectivity index (χ3n) is 1.05. The molecule has 11 heavy (non-hydrogen) atoms. The molecule has 1 aromatic rings. The van der Waals surface area contributed by atoms with Crippen molar-refractivity contribution >= 4 is 28.7 Å². The highest BCUT2D eigenvalue weighted by Gasteiger charge is 2.07. The Kier molecular flexibility index (Phi) is 2.32. The molecule has 0 fully saturated rings. The van der Waals surface area contributed by atoms with E-state index in [0.717, 1.165) is 3.70 Å². The number of rotatable bonds is 1. The van der Waals surface area contributed by atoms with E-state index in [4.69, 9.17) is 5.73 Å². The number of carbonyl (C=O) groups is 1. The van der Waals surface area contributed by atoms with Crippen molar-refractivity contribution in [1.29, 1.82) is 0 Å². The summed E-state index contributed by atoms with van der Waals surface area (Å²) in [5, 5.41) is 3.85. The van der Waals surface area contributed by atoms with Crippen LogP contribution in [0.3, 0.4) is 0 Å². The molecule has 0 aliphatic heterocycles. The Balaban J connectivity index is 2.87. The van der Waals surface area contributed by atoms with Gasteiger partial charge in [0.1, 0.15) is 3.70 Å². The van der Waals surface area contributed by atoms with Crippen molar-refractivity contribution in [2.75, 3.05) is 0 Å². The zero-order valence-electron chi connectivity index (χ0n) is 5.74. The first-order chi connectivity index (χ1) is 5.11. The number of nitrogens with two attached hydrogens (primary N) is 1. The first-order valence-corrected chi connectivity index (χ1v) is 3.84. The molecule has 1 rings (SSSR count). The van der Waals surface area contributed by atoms with Gasteiger partial charge in [-0.15, -0.1) is 0 Å². The predicted molar refractivity (Wildman–Crippen MR) is 46.1 cm³/mol. The van der Waals surface area contributed by atoms with Crippen LogP contribution in [0, 0.1) is 3.70 Å². The molecule has 2 N–H and O–H groups in total. The summed E-state index contributed by atoms with van der Waals surface area (Å²) in [6, 6.07) is 0. The van der Waals surface area contributed by atoms with Gasteiger partial charge in [-0.25, -0.2) is 4.79 Å². The van der Waals surface area contributed by atoms with Gasteiger partial charge in [-0.1, -0.05) is 0 Å². The largest absolute Gasteiger partial charge is 0.410 e. The molecule has 0 saturated carbocycles. The zero-order chi connectivity index (χ0) is 8.43. The second kappa shape index (κ2) is 3.07. The van der Waals surface area contributed by atoms with Crippen molar-refractivity contribution in [1.82, 2.24) is 9.78 Å². The SMILES string of the molecule is Cn1ncc(OC(N)=O)c1I. The molecule has 60 valence electrons. The van der Waals surface area contributed by atoms with Gasteiger partial charge < -0.3 is 10.5 Å². The molecule has 0 saturated heterocycles. The standard InChI is InChI=1S/C5H6IN3O2/c1-9-4(6)3(2-8-9)11-5(7)10/h2H,1H3,(H2,7,10). The highest BCUT2D eigenvalue weighted by Crippen LogP contribution is 2.18. The summed E-state index contributed by atoms with van der Waals surface area (Å²) in [7, 11) is 1.75. The number of aromatic nitrogens is 2. The van der Waals surface area contributed by atoms with E-state index in [9.17, 15) is 4.79 Å². The van der Waals surface area contributed by atoms with Gasteiger partial charge in [0.05, 0.1) is 6.20 Å². The first-order valence-electron chi connectivity index (χ1n) is 2.76. The van der Waals surface area contributed by atoms with Crippen molar-refractivity contribution in [3.05, 3.63) is 9.90 Å². The Hall–Kier alpha value is -0.790. The summed E-state index contributed by atoms with van der Waals surface area (Å²) >= 11 is 2.00. The summed E-state index contributed by atoms with van der Waals surface area (Å²) in [5.74, 6) is 0.389. The van der Waals surface area contributed by atoms with Crippen LogP contribution >= 0.6 is 22.6 Å². The van der Waals surface area contributed by atoms with Crippen molar-refractivity contribution < 1.29 is 9.53 Å². The van der Waals surface area contributed by atoms with Crippen LogP contribution in [-0.2, 0) is 7.05 Å². The lowest BCUT2D eigenvalue weighted by molar-refractivity contribution is 0.210. The molecule has 1 amide bonds. The number of ether oxygens (including phenoxy) is 1. The van der Waals surface area contributed by atoms with Gasteiger partial charge in [0, 0.05) is 7.05 Å². The summed E-state index contributed by atoms with van der Waals surface area (Å²) in [6.45, 7) is 0. The minimum absolute atomic E-state index is 0.389. The number of hydrogen-bond acceptors (Lipinski definition) is 3. The van der Waals surface area contributed by atoms with Crippen LogP contribution in [0.2, 0.25) is 0 Å². The van der Waals surface area contributed by atoms with E-state index in [1.807, 2.05) is 22.6 Å². The van der Waals surface area contributed by atoms with E-state index in [1.54, 1.807) is 11.7 Å². The fourth-order valence-electron chi connectivity index (χ4n) is 0.579. The lowest BCUT2D eigenvalue weighted by Gasteiger charge is -1.96. The second-order valence-corrected chi connectivity index (χ2v) is 2.87. The topological polar surface area (TPSA) is 70.1 Å². The van der Waals surface area contributed by atoms with Crippen LogP contribution in [0.1, 0.15) is 0 Å². The molecule has 0 aliphatic carbocycles. The quantitative estimate of drug-likeness (QED) is 0.752. The van der Waals surface area contributed by atoms with Gasteiger partial charge in [0.2, 0.25) is 0 Å². The van der Waals surface area contributed by atoms with E-state index in [1.165, 1.54) is 6.20 Å². The minimum Gasteiger partial charge on any atom is -0.406 e. The highest BCUT2D eigenvalue weighted by atomic mass is 127. The molecule has 0 bridgehead atoms.